The SMILES string of the molecule is Cc1ccc(S(=O)(=O)NC(=O)Nc2ccccc2S(N)(=O)=O)cc1. The molecule has 128 valence electrons. The smallest absolute Gasteiger partial charge is 0.306 e. The molecule has 8 nitrogen and oxygen atoms in total. The summed E-state index contributed by atoms with van der Waals surface area (Å²) in [5, 5.41) is 7.21. The maximum absolute atomic E-state index is 12.1. The molecule has 0 unspecified atom stereocenters. The van der Waals surface area contributed by atoms with Crippen molar-refractivity contribution < 1.29 is 21.6 Å². The number of carbonyl (C=O) groups is 1. The molecular weight excluding hydrogens is 354 g/mol. The summed E-state index contributed by atoms with van der Waals surface area (Å²) >= 11 is 0. The number of hydrogen-bond acceptors (Lipinski definition) is 5. The topological polar surface area (TPSA) is 135 Å². The molecular formula is C14H15N3O5S2. The summed E-state index contributed by atoms with van der Waals surface area (Å²) in [4.78, 5) is 11.5. The van der Waals surface area contributed by atoms with Gasteiger partial charge in [0.05, 0.1) is 10.6 Å². The van der Waals surface area contributed by atoms with E-state index in [4.69, 9.17) is 5.14 Å². The molecule has 2 aromatic rings. The van der Waals surface area contributed by atoms with Crippen molar-refractivity contribution in [1.29, 1.82) is 0 Å². The molecule has 0 fully saturated rings. The largest absolute Gasteiger partial charge is 0.333 e. The monoisotopic (exact) mass is 369 g/mol. The Balaban J connectivity index is 2.22. The number of primary sulfonamides is 1. The van der Waals surface area contributed by atoms with E-state index in [1.54, 1.807) is 23.8 Å². The van der Waals surface area contributed by atoms with Gasteiger partial charge in [-0.25, -0.2) is 31.5 Å². The number of nitrogens with two attached hydrogens (primary N) is 1. The minimum Gasteiger partial charge on any atom is -0.306 e. The highest BCUT2D eigenvalue weighted by Crippen LogP contribution is 2.19. The van der Waals surface area contributed by atoms with Crippen LogP contribution in [0, 0.1) is 6.92 Å². The highest BCUT2D eigenvalue weighted by Gasteiger charge is 2.20. The Kier molecular flexibility index (Phi) is 4.92. The van der Waals surface area contributed by atoms with E-state index in [1.807, 2.05) is 0 Å². The molecule has 0 bridgehead atoms. The Labute approximate surface area is 139 Å². The van der Waals surface area contributed by atoms with E-state index in [2.05, 4.69) is 5.32 Å². The lowest BCUT2D eigenvalue weighted by atomic mass is 10.2. The summed E-state index contributed by atoms with van der Waals surface area (Å²) in [7, 11) is -8.16. The second kappa shape index (κ2) is 6.59. The second-order valence-electron chi connectivity index (χ2n) is 4.91. The van der Waals surface area contributed by atoms with Gasteiger partial charge in [-0.15, -0.1) is 0 Å². The molecule has 4 N–H and O–H groups in total. The predicted molar refractivity (Wildman–Crippen MR) is 88.3 cm³/mol. The molecule has 0 spiro atoms. The Morgan fingerprint density at radius 2 is 1.54 bits per heavy atom. The first-order valence-electron chi connectivity index (χ1n) is 6.62. The van der Waals surface area contributed by atoms with Crippen LogP contribution in [-0.4, -0.2) is 22.9 Å². The van der Waals surface area contributed by atoms with E-state index in [-0.39, 0.29) is 15.5 Å². The van der Waals surface area contributed by atoms with Crippen LogP contribution in [0.4, 0.5) is 10.5 Å². The molecule has 0 aromatic heterocycles. The molecule has 0 atom stereocenters. The molecule has 0 radical (unpaired) electrons. The number of carbonyl (C=O) groups excluding carboxylic acids is 1. The van der Waals surface area contributed by atoms with Crippen molar-refractivity contribution >= 4 is 31.8 Å². The Hall–Kier alpha value is -2.43. The van der Waals surface area contributed by atoms with E-state index >= 15 is 0 Å². The molecule has 0 aliphatic carbocycles. The van der Waals surface area contributed by atoms with Gasteiger partial charge < -0.3 is 5.32 Å². The molecule has 10 heteroatoms. The van der Waals surface area contributed by atoms with Crippen LogP contribution >= 0.6 is 0 Å². The molecule has 2 amide bonds. The average Bonchev–Trinajstić information content (AvgIpc) is 2.46. The van der Waals surface area contributed by atoms with Gasteiger partial charge in [-0.1, -0.05) is 29.8 Å². The van der Waals surface area contributed by atoms with Crippen LogP contribution in [0.5, 0.6) is 0 Å². The van der Waals surface area contributed by atoms with Crippen molar-refractivity contribution in [1.82, 2.24) is 4.72 Å². The van der Waals surface area contributed by atoms with Crippen molar-refractivity contribution in [2.45, 2.75) is 16.7 Å². The van der Waals surface area contributed by atoms with Gasteiger partial charge in [0, 0.05) is 0 Å². The normalized spacial score (nSPS) is 11.8. The summed E-state index contributed by atoms with van der Waals surface area (Å²) in [6, 6.07) is 10.1. The van der Waals surface area contributed by atoms with E-state index in [9.17, 15) is 21.6 Å². The lowest BCUT2D eigenvalue weighted by Gasteiger charge is -2.11. The molecule has 0 saturated carbocycles. The van der Waals surface area contributed by atoms with Crippen molar-refractivity contribution in [3.63, 3.8) is 0 Å². The van der Waals surface area contributed by atoms with E-state index in [0.717, 1.165) is 5.56 Å². The first-order valence-corrected chi connectivity index (χ1v) is 9.65. The van der Waals surface area contributed by atoms with Gasteiger partial charge in [0.1, 0.15) is 4.90 Å². The van der Waals surface area contributed by atoms with E-state index < -0.39 is 26.1 Å². The van der Waals surface area contributed by atoms with Crippen LogP contribution in [-0.2, 0) is 20.0 Å². The molecule has 0 aliphatic heterocycles. The molecule has 24 heavy (non-hydrogen) atoms. The van der Waals surface area contributed by atoms with E-state index in [1.165, 1.54) is 36.4 Å². The second-order valence-corrected chi connectivity index (χ2v) is 8.13. The summed E-state index contributed by atoms with van der Waals surface area (Å²) in [5.74, 6) is 0. The fourth-order valence-corrected chi connectivity index (χ4v) is 3.47. The van der Waals surface area contributed by atoms with Gasteiger partial charge in [0.2, 0.25) is 10.0 Å². The van der Waals surface area contributed by atoms with Gasteiger partial charge in [-0.2, -0.15) is 0 Å². The van der Waals surface area contributed by atoms with Crippen LogP contribution in [0.15, 0.2) is 58.3 Å². The summed E-state index contributed by atoms with van der Waals surface area (Å²) in [5.41, 5.74) is 0.733. The zero-order valence-corrected chi connectivity index (χ0v) is 14.2. The Morgan fingerprint density at radius 3 is 2.12 bits per heavy atom. The third kappa shape index (κ3) is 4.31. The molecule has 0 aliphatic rings. The summed E-state index contributed by atoms with van der Waals surface area (Å²) in [6.45, 7) is 1.79. The van der Waals surface area contributed by atoms with Gasteiger partial charge in [-0.3, -0.25) is 0 Å². The number of urea groups is 1. The number of sulfonamides is 2. The first kappa shape index (κ1) is 17.9. The third-order valence-electron chi connectivity index (χ3n) is 3.00. The predicted octanol–water partition coefficient (Wildman–Crippen LogP) is 1.15. The number of nitrogens with one attached hydrogen (secondary N) is 2. The van der Waals surface area contributed by atoms with Crippen molar-refractivity contribution in [3.8, 4) is 0 Å². The fraction of sp³-hybridized carbons (Fsp3) is 0.0714. The fourth-order valence-electron chi connectivity index (χ4n) is 1.86. The molecule has 2 rings (SSSR count). The molecule has 0 saturated heterocycles. The van der Waals surface area contributed by atoms with Crippen molar-refractivity contribution in [3.05, 3.63) is 54.1 Å². The van der Waals surface area contributed by atoms with E-state index in [0.29, 0.717) is 0 Å². The average molecular weight is 369 g/mol. The quantitative estimate of drug-likeness (QED) is 0.743. The van der Waals surface area contributed by atoms with Crippen molar-refractivity contribution in [2.75, 3.05) is 5.32 Å². The van der Waals surface area contributed by atoms with Crippen LogP contribution in [0.25, 0.3) is 0 Å². The first-order chi connectivity index (χ1) is 11.1. The number of benzene rings is 2. The maximum atomic E-state index is 12.1. The highest BCUT2D eigenvalue weighted by atomic mass is 32.2. The Bertz CT molecular complexity index is 968. The van der Waals surface area contributed by atoms with Crippen LogP contribution in [0.1, 0.15) is 5.56 Å². The van der Waals surface area contributed by atoms with Gasteiger partial charge >= 0.3 is 6.03 Å². The Morgan fingerprint density at radius 1 is 0.958 bits per heavy atom. The number of hydrogen-bond donors (Lipinski definition) is 3. The minimum atomic E-state index is -4.09. The number of anilines is 1. The number of aryl methyl sites for hydroxylation is 1. The van der Waals surface area contributed by atoms with Crippen LogP contribution in [0.2, 0.25) is 0 Å². The molecule has 2 aromatic carbocycles. The number of para-hydroxylation sites is 1. The lowest BCUT2D eigenvalue weighted by molar-refractivity contribution is 0.256. The number of rotatable bonds is 4. The molecule has 0 heterocycles. The summed E-state index contributed by atoms with van der Waals surface area (Å²) in [6.07, 6.45) is 0. The van der Waals surface area contributed by atoms with Gasteiger partial charge in [0.25, 0.3) is 10.0 Å². The van der Waals surface area contributed by atoms with Crippen LogP contribution in [0.3, 0.4) is 0 Å². The van der Waals surface area contributed by atoms with Gasteiger partial charge in [0.15, 0.2) is 0 Å². The number of amides is 2. The zero-order valence-electron chi connectivity index (χ0n) is 12.6. The highest BCUT2D eigenvalue weighted by molar-refractivity contribution is 7.90. The summed E-state index contributed by atoms with van der Waals surface area (Å²) < 4.78 is 49.0. The van der Waals surface area contributed by atoms with Gasteiger partial charge in [-0.05, 0) is 31.2 Å². The van der Waals surface area contributed by atoms with Crippen LogP contribution < -0.4 is 15.2 Å². The lowest BCUT2D eigenvalue weighted by Crippen LogP contribution is -2.34. The minimum absolute atomic E-state index is 0.0945. The third-order valence-corrected chi connectivity index (χ3v) is 5.32. The zero-order chi connectivity index (χ0) is 18.0. The van der Waals surface area contributed by atoms with Crippen molar-refractivity contribution in [2.24, 2.45) is 5.14 Å². The maximum Gasteiger partial charge on any atom is 0.333 e. The standard InChI is InChI=1S/C14H15N3O5S2/c1-10-6-8-11(9-7-10)24(21,22)17-14(18)16-12-4-2-3-5-13(12)23(15,19)20/h2-9H,1H3,(H2,15,19,20)(H2,16,17,18).